The average molecular weight is 418 g/mol. The van der Waals surface area contributed by atoms with Crippen molar-refractivity contribution in [2.24, 2.45) is 10.3 Å². The number of amides is 2. The summed E-state index contributed by atoms with van der Waals surface area (Å²) < 4.78 is 10.5. The van der Waals surface area contributed by atoms with E-state index in [1.54, 1.807) is 31.4 Å². The van der Waals surface area contributed by atoms with Gasteiger partial charge in [0.2, 0.25) is 11.7 Å². The number of rotatable bonds is 5. The highest BCUT2D eigenvalue weighted by atomic mass is 16.5. The van der Waals surface area contributed by atoms with E-state index in [-0.39, 0.29) is 12.4 Å². The first kappa shape index (κ1) is 18.9. The number of imide groups is 1. The number of aryl methyl sites for hydroxylation is 1. The number of nitrogens with zero attached hydrogens (tertiary/aromatic N) is 6. The maximum absolute atomic E-state index is 13.1. The summed E-state index contributed by atoms with van der Waals surface area (Å²) in [6.45, 7) is 2.06. The molecule has 2 aliphatic rings. The number of fused-ring (bicyclic) bond motifs is 1. The van der Waals surface area contributed by atoms with Crippen LogP contribution in [0.4, 0.5) is 5.69 Å². The van der Waals surface area contributed by atoms with E-state index < -0.39 is 23.9 Å². The maximum atomic E-state index is 13.1. The van der Waals surface area contributed by atoms with E-state index in [9.17, 15) is 9.59 Å². The number of carbonyl (C=O) groups excluding carboxylic acids is 2. The molecule has 1 saturated heterocycles. The van der Waals surface area contributed by atoms with Crippen LogP contribution in [0.2, 0.25) is 0 Å². The van der Waals surface area contributed by atoms with Crippen LogP contribution in [0.15, 0.2) is 63.4 Å². The Morgan fingerprint density at radius 1 is 1.03 bits per heavy atom. The number of benzene rings is 2. The van der Waals surface area contributed by atoms with E-state index >= 15 is 0 Å². The van der Waals surface area contributed by atoms with Gasteiger partial charge in [0.05, 0.1) is 12.8 Å². The molecule has 3 heterocycles. The van der Waals surface area contributed by atoms with Crippen molar-refractivity contribution in [3.05, 3.63) is 60.0 Å². The summed E-state index contributed by atoms with van der Waals surface area (Å²) in [5, 5.41) is 13.4. The van der Waals surface area contributed by atoms with Crippen molar-refractivity contribution in [2.45, 2.75) is 25.6 Å². The molecule has 2 aromatic carbocycles. The van der Waals surface area contributed by atoms with Crippen molar-refractivity contribution in [3.63, 3.8) is 0 Å². The average Bonchev–Trinajstić information content (AvgIpc) is 3.47. The van der Waals surface area contributed by atoms with Crippen LogP contribution >= 0.6 is 0 Å². The summed E-state index contributed by atoms with van der Waals surface area (Å²) in [5.74, 6) is 0.528. The lowest BCUT2D eigenvalue weighted by Gasteiger charge is -2.19. The van der Waals surface area contributed by atoms with Gasteiger partial charge in [-0.25, -0.2) is 4.90 Å². The first-order chi connectivity index (χ1) is 15.0. The van der Waals surface area contributed by atoms with Gasteiger partial charge in [0, 0.05) is 5.56 Å². The van der Waals surface area contributed by atoms with Gasteiger partial charge >= 0.3 is 0 Å². The Morgan fingerprint density at radius 3 is 2.48 bits per heavy atom. The smallest absolute Gasteiger partial charge is 0.263 e. The Hall–Kier alpha value is -4.08. The standard InChI is InChI=1S/C21H18N6O4/c1-12-3-5-13(6-4-12)19-22-16(31-24-19)11-26-18-17(23-25-26)20(28)27(21(18)29)14-7-9-15(30-2)10-8-14/h3-10,17-18H,11H2,1-2H3/t17-,18-/m1/s1. The number of anilines is 1. The van der Waals surface area contributed by atoms with Crippen LogP contribution in [0.25, 0.3) is 11.4 Å². The van der Waals surface area contributed by atoms with Crippen molar-refractivity contribution in [1.82, 2.24) is 15.1 Å². The van der Waals surface area contributed by atoms with Gasteiger partial charge in [-0.15, -0.1) is 0 Å². The second kappa shape index (κ2) is 7.31. The molecule has 0 N–H and O–H groups in total. The highest BCUT2D eigenvalue weighted by Gasteiger charge is 2.55. The summed E-state index contributed by atoms with van der Waals surface area (Å²) in [6.07, 6.45) is 0. The highest BCUT2D eigenvalue weighted by molar-refractivity contribution is 6.25. The van der Waals surface area contributed by atoms with Crippen LogP contribution in [0.3, 0.4) is 0 Å². The number of hydrogen-bond donors (Lipinski definition) is 0. The third-order valence-electron chi connectivity index (χ3n) is 5.26. The van der Waals surface area contributed by atoms with E-state index in [0.717, 1.165) is 16.0 Å². The van der Waals surface area contributed by atoms with Gasteiger partial charge in [-0.05, 0) is 31.2 Å². The molecular weight excluding hydrogens is 400 g/mol. The molecule has 0 bridgehead atoms. The zero-order valence-electron chi connectivity index (χ0n) is 16.8. The second-order valence-corrected chi connectivity index (χ2v) is 7.28. The molecule has 10 nitrogen and oxygen atoms in total. The largest absolute Gasteiger partial charge is 0.497 e. The number of carbonyl (C=O) groups is 2. The van der Waals surface area contributed by atoms with Crippen molar-refractivity contribution in [3.8, 4) is 17.1 Å². The summed E-state index contributed by atoms with van der Waals surface area (Å²) in [4.78, 5) is 31.4. The van der Waals surface area contributed by atoms with Crippen LogP contribution in [0.1, 0.15) is 11.5 Å². The SMILES string of the molecule is COc1ccc(N2C(=O)[C@@H]3N=NN(Cc4nc(-c5ccc(C)cc5)no4)[C@H]3C2=O)cc1. The molecule has 0 unspecified atom stereocenters. The molecule has 3 aromatic rings. The number of methoxy groups -OCH3 is 1. The minimum atomic E-state index is -0.894. The zero-order chi connectivity index (χ0) is 21.5. The van der Waals surface area contributed by atoms with Crippen LogP contribution in [-0.4, -0.2) is 46.2 Å². The monoisotopic (exact) mass is 418 g/mol. The predicted octanol–water partition coefficient (Wildman–Crippen LogP) is 2.55. The summed E-state index contributed by atoms with van der Waals surface area (Å²) >= 11 is 0. The highest BCUT2D eigenvalue weighted by Crippen LogP contribution is 2.33. The Labute approximate surface area is 177 Å². The van der Waals surface area contributed by atoms with Gasteiger partial charge in [-0.3, -0.25) is 14.6 Å². The third-order valence-corrected chi connectivity index (χ3v) is 5.26. The lowest BCUT2D eigenvalue weighted by molar-refractivity contribution is -0.123. The molecule has 2 amide bonds. The Morgan fingerprint density at radius 2 is 1.77 bits per heavy atom. The molecule has 2 atom stereocenters. The fourth-order valence-corrected chi connectivity index (χ4v) is 3.62. The molecule has 2 aliphatic heterocycles. The van der Waals surface area contributed by atoms with Gasteiger partial charge in [0.15, 0.2) is 12.1 Å². The van der Waals surface area contributed by atoms with Crippen LogP contribution in [0.5, 0.6) is 5.75 Å². The topological polar surface area (TPSA) is 113 Å². The molecule has 0 aliphatic carbocycles. The minimum absolute atomic E-state index is 0.0685. The molecule has 0 radical (unpaired) electrons. The summed E-state index contributed by atoms with van der Waals surface area (Å²) in [6, 6.07) is 12.7. The molecular formula is C21H18N6O4. The first-order valence-corrected chi connectivity index (χ1v) is 9.64. The van der Waals surface area contributed by atoms with Gasteiger partial charge in [-0.2, -0.15) is 10.1 Å². The first-order valence-electron chi connectivity index (χ1n) is 9.64. The van der Waals surface area contributed by atoms with Crippen LogP contribution in [0, 0.1) is 6.92 Å². The predicted molar refractivity (Wildman–Crippen MR) is 108 cm³/mol. The minimum Gasteiger partial charge on any atom is -0.497 e. The Bertz CT molecular complexity index is 1170. The second-order valence-electron chi connectivity index (χ2n) is 7.28. The molecule has 31 heavy (non-hydrogen) atoms. The summed E-state index contributed by atoms with van der Waals surface area (Å²) in [5.41, 5.74) is 2.40. The van der Waals surface area contributed by atoms with E-state index in [1.165, 1.54) is 5.01 Å². The van der Waals surface area contributed by atoms with Gasteiger partial charge in [0.25, 0.3) is 11.8 Å². The quantitative estimate of drug-likeness (QED) is 0.585. The number of aromatic nitrogens is 2. The van der Waals surface area contributed by atoms with Crippen LogP contribution in [-0.2, 0) is 16.1 Å². The van der Waals surface area contributed by atoms with E-state index in [4.69, 9.17) is 9.26 Å². The van der Waals surface area contributed by atoms with E-state index in [2.05, 4.69) is 20.5 Å². The number of ether oxygens (including phenoxy) is 1. The zero-order valence-corrected chi connectivity index (χ0v) is 16.8. The lowest BCUT2D eigenvalue weighted by atomic mass is 10.1. The Balaban J connectivity index is 1.34. The van der Waals surface area contributed by atoms with Gasteiger partial charge in [-0.1, -0.05) is 40.2 Å². The molecule has 156 valence electrons. The third kappa shape index (κ3) is 3.21. The van der Waals surface area contributed by atoms with Crippen molar-refractivity contribution < 1.29 is 18.8 Å². The van der Waals surface area contributed by atoms with E-state index in [1.807, 2.05) is 31.2 Å². The van der Waals surface area contributed by atoms with Crippen molar-refractivity contribution >= 4 is 17.5 Å². The molecule has 10 heteroatoms. The molecule has 0 saturated carbocycles. The summed E-state index contributed by atoms with van der Waals surface area (Å²) in [7, 11) is 1.55. The fraction of sp³-hybridized carbons (Fsp3) is 0.238. The maximum Gasteiger partial charge on any atom is 0.263 e. The van der Waals surface area contributed by atoms with Crippen molar-refractivity contribution in [1.29, 1.82) is 0 Å². The van der Waals surface area contributed by atoms with Gasteiger partial charge < -0.3 is 9.26 Å². The normalized spacial score (nSPS) is 19.9. The van der Waals surface area contributed by atoms with E-state index in [0.29, 0.717) is 17.3 Å². The Kier molecular flexibility index (Phi) is 4.46. The fourth-order valence-electron chi connectivity index (χ4n) is 3.62. The molecule has 0 spiro atoms. The molecule has 1 aromatic heterocycles. The molecule has 1 fully saturated rings. The lowest BCUT2D eigenvalue weighted by Crippen LogP contribution is -2.39. The number of hydrogen-bond acceptors (Lipinski definition) is 9. The molecule has 5 rings (SSSR count). The van der Waals surface area contributed by atoms with Crippen molar-refractivity contribution in [2.75, 3.05) is 12.0 Å². The van der Waals surface area contributed by atoms with Crippen LogP contribution < -0.4 is 9.64 Å². The van der Waals surface area contributed by atoms with Gasteiger partial charge in [0.1, 0.15) is 12.3 Å².